The molecule has 11 heteroatoms. The normalized spacial score (nSPS) is 12.9. The molecule has 38 heavy (non-hydrogen) atoms. The zero-order chi connectivity index (χ0) is 26.9. The Morgan fingerprint density at radius 3 is 2.58 bits per heavy atom. The van der Waals surface area contributed by atoms with Gasteiger partial charge in [-0.3, -0.25) is 4.79 Å². The van der Waals surface area contributed by atoms with E-state index in [1.165, 1.54) is 18.2 Å². The molecule has 3 N–H and O–H groups in total. The number of carbonyl (C=O) groups excluding carboxylic acids is 1. The van der Waals surface area contributed by atoms with Crippen LogP contribution in [0.4, 0.5) is 17.3 Å². The Balaban J connectivity index is 1.54. The number of hydrogen-bond acceptors (Lipinski definition) is 9. The van der Waals surface area contributed by atoms with Crippen LogP contribution in [0.15, 0.2) is 78.0 Å². The first-order chi connectivity index (χ1) is 18.2. The number of nitrogens with zero attached hydrogens (tertiary/aromatic N) is 4. The number of nitrogen functional groups attached to an aromatic ring is 1. The maximum Gasteiger partial charge on any atom is 0.281 e. The number of sulfonamides is 1. The van der Waals surface area contributed by atoms with Gasteiger partial charge in [0, 0.05) is 30.1 Å². The van der Waals surface area contributed by atoms with Gasteiger partial charge in [0.2, 0.25) is 5.88 Å². The van der Waals surface area contributed by atoms with Crippen LogP contribution in [0, 0.1) is 0 Å². The first-order valence-electron chi connectivity index (χ1n) is 12.0. The maximum absolute atomic E-state index is 13.4. The minimum Gasteiger partial charge on any atom is -0.475 e. The van der Waals surface area contributed by atoms with Crippen molar-refractivity contribution >= 4 is 33.3 Å². The fourth-order valence-electron chi connectivity index (χ4n) is 4.20. The van der Waals surface area contributed by atoms with Crippen LogP contribution >= 0.6 is 0 Å². The third kappa shape index (κ3) is 5.14. The average Bonchev–Trinajstić information content (AvgIpc) is 3.32. The number of aromatic nitrogens is 3. The molecule has 0 spiro atoms. The van der Waals surface area contributed by atoms with E-state index in [9.17, 15) is 13.2 Å². The summed E-state index contributed by atoms with van der Waals surface area (Å²) in [6.45, 7) is 4.42. The van der Waals surface area contributed by atoms with E-state index < -0.39 is 15.9 Å². The van der Waals surface area contributed by atoms with Gasteiger partial charge in [-0.05, 0) is 62.2 Å². The van der Waals surface area contributed by atoms with Crippen molar-refractivity contribution < 1.29 is 17.9 Å². The van der Waals surface area contributed by atoms with Crippen LogP contribution in [0.5, 0.6) is 5.88 Å². The number of anilines is 3. The number of rotatable bonds is 7. The molecule has 4 aromatic rings. The summed E-state index contributed by atoms with van der Waals surface area (Å²) in [5.74, 6) is 0.0302. The number of carbonyl (C=O) groups is 1. The molecule has 0 bridgehead atoms. The number of benzene rings is 1. The Morgan fingerprint density at radius 2 is 1.84 bits per heavy atom. The predicted octanol–water partition coefficient (Wildman–Crippen LogP) is 3.72. The lowest BCUT2D eigenvalue weighted by Gasteiger charge is -2.22. The summed E-state index contributed by atoms with van der Waals surface area (Å²) in [5, 5.41) is -0.349. The fourth-order valence-corrected chi connectivity index (χ4v) is 5.15. The number of nitrogens with one attached hydrogen (secondary N) is 1. The number of para-hydroxylation sites is 1. The van der Waals surface area contributed by atoms with Crippen LogP contribution in [0.1, 0.15) is 29.8 Å². The van der Waals surface area contributed by atoms with Gasteiger partial charge in [-0.25, -0.2) is 19.7 Å². The zero-order valence-electron chi connectivity index (χ0n) is 20.8. The van der Waals surface area contributed by atoms with Gasteiger partial charge in [-0.15, -0.1) is 0 Å². The van der Waals surface area contributed by atoms with Gasteiger partial charge in [0.05, 0.1) is 17.4 Å². The van der Waals surface area contributed by atoms with Crippen molar-refractivity contribution in [2.75, 3.05) is 17.2 Å². The largest absolute Gasteiger partial charge is 0.475 e. The molecule has 5 rings (SSSR count). The van der Waals surface area contributed by atoms with E-state index in [4.69, 9.17) is 15.5 Å². The van der Waals surface area contributed by atoms with E-state index >= 15 is 0 Å². The van der Waals surface area contributed by atoms with Crippen LogP contribution in [0.3, 0.4) is 0 Å². The fraction of sp³-hybridized carbons (Fsp3) is 0.185. The molecule has 1 aliphatic heterocycles. The molecule has 0 aliphatic carbocycles. The van der Waals surface area contributed by atoms with Crippen molar-refractivity contribution in [3.8, 4) is 17.1 Å². The molecule has 0 atom stereocenters. The first kappa shape index (κ1) is 25.2. The number of fused-ring (bicyclic) bond motifs is 1. The molecule has 1 aliphatic rings. The molecule has 0 saturated carbocycles. The van der Waals surface area contributed by atoms with E-state index in [0.717, 1.165) is 23.2 Å². The molecule has 0 fully saturated rings. The summed E-state index contributed by atoms with van der Waals surface area (Å²) in [5.41, 5.74) is 9.05. The SMILES string of the molecule is CC(C)Oc1ccc(-c2ccc(C(=O)NS(=O)(=O)c3cccc(N)n3)c(N3CCc4ccccc43)n2)cn1. The minimum absolute atomic E-state index is 0.00934. The molecule has 1 aromatic carbocycles. The van der Waals surface area contributed by atoms with Crippen LogP contribution in [0.25, 0.3) is 11.3 Å². The molecule has 4 heterocycles. The lowest BCUT2D eigenvalue weighted by atomic mass is 10.1. The third-order valence-electron chi connectivity index (χ3n) is 5.90. The molecule has 0 radical (unpaired) electrons. The molecule has 10 nitrogen and oxygen atoms in total. The Kier molecular flexibility index (Phi) is 6.68. The van der Waals surface area contributed by atoms with E-state index in [2.05, 4.69) is 14.7 Å². The van der Waals surface area contributed by atoms with Gasteiger partial charge in [0.25, 0.3) is 15.9 Å². The number of ether oxygens (including phenoxy) is 1. The molecule has 194 valence electrons. The summed E-state index contributed by atoms with van der Waals surface area (Å²) in [6.07, 6.45) is 2.40. The highest BCUT2D eigenvalue weighted by Crippen LogP contribution is 2.36. The molecule has 0 unspecified atom stereocenters. The van der Waals surface area contributed by atoms with Crippen molar-refractivity contribution in [3.63, 3.8) is 0 Å². The molecular formula is C27H26N6O4S. The maximum atomic E-state index is 13.4. The Hall–Kier alpha value is -4.51. The Bertz CT molecular complexity index is 1610. The summed E-state index contributed by atoms with van der Waals surface area (Å²) in [6, 6.07) is 18.8. The van der Waals surface area contributed by atoms with Gasteiger partial charge in [0.1, 0.15) is 11.6 Å². The summed E-state index contributed by atoms with van der Waals surface area (Å²) < 4.78 is 33.5. The topological polar surface area (TPSA) is 140 Å². The standard InChI is InChI=1S/C27H26N6O4S/c1-17(2)37-24-13-10-19(16-29-24)21-12-11-20(26(30-21)33-15-14-18-6-3-4-7-22(18)33)27(34)32-38(35,36)25-9-5-8-23(28)31-25/h3-13,16-17H,14-15H2,1-2H3,(H2,28,31)(H,32,34). The second-order valence-corrected chi connectivity index (χ2v) is 10.6. The highest BCUT2D eigenvalue weighted by Gasteiger charge is 2.28. The minimum atomic E-state index is -4.27. The lowest BCUT2D eigenvalue weighted by molar-refractivity contribution is 0.0981. The van der Waals surface area contributed by atoms with Crippen molar-refractivity contribution in [1.29, 1.82) is 0 Å². The van der Waals surface area contributed by atoms with E-state index in [1.807, 2.05) is 49.1 Å². The van der Waals surface area contributed by atoms with Gasteiger partial charge in [-0.1, -0.05) is 24.3 Å². The van der Waals surface area contributed by atoms with Crippen LogP contribution in [-0.2, 0) is 16.4 Å². The van der Waals surface area contributed by atoms with Crippen LogP contribution < -0.4 is 20.1 Å². The van der Waals surface area contributed by atoms with Gasteiger partial charge >= 0.3 is 0 Å². The van der Waals surface area contributed by atoms with Gasteiger partial charge < -0.3 is 15.4 Å². The molecule has 1 amide bonds. The van der Waals surface area contributed by atoms with Crippen molar-refractivity contribution in [2.45, 2.75) is 31.4 Å². The second-order valence-electron chi connectivity index (χ2n) is 8.99. The first-order valence-corrected chi connectivity index (χ1v) is 13.5. The van der Waals surface area contributed by atoms with E-state index in [1.54, 1.807) is 24.4 Å². The number of hydrogen-bond donors (Lipinski definition) is 2. The smallest absolute Gasteiger partial charge is 0.281 e. The number of nitrogens with two attached hydrogens (primary N) is 1. The predicted molar refractivity (Wildman–Crippen MR) is 144 cm³/mol. The monoisotopic (exact) mass is 530 g/mol. The summed E-state index contributed by atoms with van der Waals surface area (Å²) in [4.78, 5) is 28.3. The van der Waals surface area contributed by atoms with E-state index in [0.29, 0.717) is 23.9 Å². The quantitative estimate of drug-likeness (QED) is 0.366. The average molecular weight is 531 g/mol. The van der Waals surface area contributed by atoms with Gasteiger partial charge in [0.15, 0.2) is 5.03 Å². The highest BCUT2D eigenvalue weighted by molar-refractivity contribution is 7.90. The highest BCUT2D eigenvalue weighted by atomic mass is 32.2. The molecule has 3 aromatic heterocycles. The van der Waals surface area contributed by atoms with Gasteiger partial charge in [-0.2, -0.15) is 8.42 Å². The third-order valence-corrected chi connectivity index (χ3v) is 7.13. The molecule has 0 saturated heterocycles. The molecular weight excluding hydrogens is 504 g/mol. The van der Waals surface area contributed by atoms with Crippen molar-refractivity contribution in [1.82, 2.24) is 19.7 Å². The zero-order valence-corrected chi connectivity index (χ0v) is 21.6. The Morgan fingerprint density at radius 1 is 1.03 bits per heavy atom. The summed E-state index contributed by atoms with van der Waals surface area (Å²) >= 11 is 0. The Labute approximate surface area is 220 Å². The van der Waals surface area contributed by atoms with Crippen molar-refractivity contribution in [3.05, 3.63) is 84.1 Å². The number of pyridine rings is 3. The van der Waals surface area contributed by atoms with Crippen LogP contribution in [-0.4, -0.2) is 41.9 Å². The summed E-state index contributed by atoms with van der Waals surface area (Å²) in [7, 11) is -4.27. The van der Waals surface area contributed by atoms with Crippen LogP contribution in [0.2, 0.25) is 0 Å². The lowest BCUT2D eigenvalue weighted by Crippen LogP contribution is -2.33. The van der Waals surface area contributed by atoms with E-state index in [-0.39, 0.29) is 22.5 Å². The van der Waals surface area contributed by atoms with Crippen molar-refractivity contribution in [2.24, 2.45) is 0 Å². The number of amides is 1. The second kappa shape index (κ2) is 10.1.